The van der Waals surface area contributed by atoms with E-state index in [2.05, 4.69) is 26.7 Å². The van der Waals surface area contributed by atoms with Crippen molar-refractivity contribution in [2.45, 2.75) is 11.4 Å². The molecule has 0 unspecified atom stereocenters. The van der Waals surface area contributed by atoms with Crippen molar-refractivity contribution in [3.05, 3.63) is 24.0 Å². The predicted octanol–water partition coefficient (Wildman–Crippen LogP) is 1.53. The van der Waals surface area contributed by atoms with E-state index in [-0.39, 0.29) is 0 Å². The van der Waals surface area contributed by atoms with Gasteiger partial charge in [0.25, 0.3) is 0 Å². The van der Waals surface area contributed by atoms with Crippen LogP contribution in [0.2, 0.25) is 0 Å². The molecule has 0 radical (unpaired) electrons. The Labute approximate surface area is 100.0 Å². The molecular weight excluding hydrogens is 220 g/mol. The monoisotopic (exact) mass is 236 g/mol. The minimum atomic E-state index is 0.881. The van der Waals surface area contributed by atoms with Crippen molar-refractivity contribution in [1.82, 2.24) is 15.3 Å². The first-order valence-electron chi connectivity index (χ1n) is 5.37. The molecule has 1 aliphatic rings. The van der Waals surface area contributed by atoms with E-state index >= 15 is 0 Å². The van der Waals surface area contributed by atoms with Gasteiger partial charge in [0.05, 0.1) is 0 Å². The summed E-state index contributed by atoms with van der Waals surface area (Å²) in [5.74, 6) is 0.902. The van der Waals surface area contributed by atoms with Gasteiger partial charge in [0, 0.05) is 19.2 Å². The van der Waals surface area contributed by atoms with Crippen LogP contribution >= 0.6 is 11.8 Å². The second kappa shape index (κ2) is 5.86. The molecule has 0 amide bonds. The maximum Gasteiger partial charge on any atom is 0.130 e. The normalized spacial score (nSPS) is 15.7. The molecule has 4 nitrogen and oxygen atoms in total. The lowest BCUT2D eigenvalue weighted by Crippen LogP contribution is -2.23. The highest BCUT2D eigenvalue weighted by molar-refractivity contribution is 7.98. The van der Waals surface area contributed by atoms with Gasteiger partial charge < -0.3 is 10.6 Å². The molecule has 0 fully saturated rings. The van der Waals surface area contributed by atoms with Crippen molar-refractivity contribution < 1.29 is 0 Å². The zero-order valence-corrected chi connectivity index (χ0v) is 10.2. The first-order valence-corrected chi connectivity index (χ1v) is 6.59. The van der Waals surface area contributed by atoms with Crippen LogP contribution in [-0.4, -0.2) is 35.9 Å². The Bertz CT molecular complexity index is 378. The first-order chi connectivity index (χ1) is 7.88. The van der Waals surface area contributed by atoms with Gasteiger partial charge in [0.2, 0.25) is 0 Å². The number of rotatable bonds is 4. The van der Waals surface area contributed by atoms with E-state index in [0.717, 1.165) is 36.9 Å². The third-order valence-corrected chi connectivity index (χ3v) is 3.15. The highest BCUT2D eigenvalue weighted by atomic mass is 32.2. The van der Waals surface area contributed by atoms with Crippen LogP contribution in [0.25, 0.3) is 0 Å². The molecule has 0 bridgehead atoms. The van der Waals surface area contributed by atoms with E-state index in [4.69, 9.17) is 0 Å². The molecule has 0 aliphatic carbocycles. The van der Waals surface area contributed by atoms with Crippen molar-refractivity contribution in [1.29, 1.82) is 0 Å². The SMILES string of the molecule is CSc1cc(NCC2=CCNCC2)ncn1. The van der Waals surface area contributed by atoms with Crippen LogP contribution < -0.4 is 10.6 Å². The highest BCUT2D eigenvalue weighted by Gasteiger charge is 2.03. The van der Waals surface area contributed by atoms with Crippen LogP contribution in [0.1, 0.15) is 6.42 Å². The molecule has 16 heavy (non-hydrogen) atoms. The molecule has 0 saturated heterocycles. The summed E-state index contributed by atoms with van der Waals surface area (Å²) >= 11 is 1.63. The number of hydrogen-bond donors (Lipinski definition) is 2. The lowest BCUT2D eigenvalue weighted by atomic mass is 10.1. The van der Waals surface area contributed by atoms with Gasteiger partial charge in [-0.1, -0.05) is 11.6 Å². The summed E-state index contributed by atoms with van der Waals surface area (Å²) in [5.41, 5.74) is 1.45. The molecule has 1 aromatic heterocycles. The minimum Gasteiger partial charge on any atom is -0.366 e. The fourth-order valence-corrected chi connectivity index (χ4v) is 1.96. The molecule has 0 saturated carbocycles. The van der Waals surface area contributed by atoms with Crippen LogP contribution in [0.15, 0.2) is 29.1 Å². The number of anilines is 1. The van der Waals surface area contributed by atoms with Crippen molar-refractivity contribution in [3.63, 3.8) is 0 Å². The van der Waals surface area contributed by atoms with Crippen molar-refractivity contribution in [3.8, 4) is 0 Å². The number of aromatic nitrogens is 2. The van der Waals surface area contributed by atoms with Gasteiger partial charge in [-0.15, -0.1) is 11.8 Å². The highest BCUT2D eigenvalue weighted by Crippen LogP contribution is 2.14. The van der Waals surface area contributed by atoms with Gasteiger partial charge in [-0.3, -0.25) is 0 Å². The summed E-state index contributed by atoms with van der Waals surface area (Å²) in [6, 6.07) is 1.98. The Morgan fingerprint density at radius 1 is 1.50 bits per heavy atom. The summed E-state index contributed by atoms with van der Waals surface area (Å²) in [5, 5.41) is 7.62. The van der Waals surface area contributed by atoms with E-state index in [1.807, 2.05) is 12.3 Å². The van der Waals surface area contributed by atoms with E-state index in [1.165, 1.54) is 5.57 Å². The number of hydrogen-bond acceptors (Lipinski definition) is 5. The quantitative estimate of drug-likeness (QED) is 0.472. The molecule has 5 heteroatoms. The molecular formula is C11H16N4S. The summed E-state index contributed by atoms with van der Waals surface area (Å²) in [6.45, 7) is 2.94. The maximum absolute atomic E-state index is 4.19. The zero-order chi connectivity index (χ0) is 11.2. The molecule has 2 N–H and O–H groups in total. The number of thioether (sulfide) groups is 1. The molecule has 2 rings (SSSR count). The summed E-state index contributed by atoms with van der Waals surface area (Å²) < 4.78 is 0. The van der Waals surface area contributed by atoms with Gasteiger partial charge in [-0.25, -0.2) is 9.97 Å². The number of nitrogens with zero attached hydrogens (tertiary/aromatic N) is 2. The maximum atomic E-state index is 4.19. The van der Waals surface area contributed by atoms with E-state index in [1.54, 1.807) is 18.1 Å². The van der Waals surface area contributed by atoms with Crippen molar-refractivity contribution in [2.75, 3.05) is 31.2 Å². The lowest BCUT2D eigenvalue weighted by molar-refractivity contribution is 0.697. The Kier molecular flexibility index (Phi) is 4.18. The topological polar surface area (TPSA) is 49.8 Å². The standard InChI is InChI=1S/C11H16N4S/c1-16-11-6-10(14-8-15-11)13-7-9-2-4-12-5-3-9/h2,6,8,12H,3-5,7H2,1H3,(H,13,14,15). The predicted molar refractivity (Wildman–Crippen MR) is 67.9 cm³/mol. The van der Waals surface area contributed by atoms with Gasteiger partial charge in [0.15, 0.2) is 0 Å². The molecule has 86 valence electrons. The van der Waals surface area contributed by atoms with E-state index in [0.29, 0.717) is 0 Å². The smallest absolute Gasteiger partial charge is 0.130 e. The Balaban J connectivity index is 1.91. The summed E-state index contributed by atoms with van der Waals surface area (Å²) in [6.07, 6.45) is 6.98. The van der Waals surface area contributed by atoms with Gasteiger partial charge in [0.1, 0.15) is 17.2 Å². The summed E-state index contributed by atoms with van der Waals surface area (Å²) in [7, 11) is 0. The molecule has 1 aliphatic heterocycles. The Morgan fingerprint density at radius 2 is 2.44 bits per heavy atom. The Hall–Kier alpha value is -1.07. The second-order valence-corrected chi connectivity index (χ2v) is 4.44. The molecule has 1 aromatic rings. The van der Waals surface area contributed by atoms with Gasteiger partial charge in [-0.2, -0.15) is 0 Å². The average molecular weight is 236 g/mol. The third-order valence-electron chi connectivity index (χ3n) is 2.51. The van der Waals surface area contributed by atoms with Crippen LogP contribution in [0.4, 0.5) is 5.82 Å². The first kappa shape index (κ1) is 11.4. The third kappa shape index (κ3) is 3.21. The lowest BCUT2D eigenvalue weighted by Gasteiger charge is -2.14. The van der Waals surface area contributed by atoms with E-state index < -0.39 is 0 Å². The zero-order valence-electron chi connectivity index (χ0n) is 9.36. The van der Waals surface area contributed by atoms with E-state index in [9.17, 15) is 0 Å². The van der Waals surface area contributed by atoms with Gasteiger partial charge >= 0.3 is 0 Å². The van der Waals surface area contributed by atoms with Crippen LogP contribution in [0, 0.1) is 0 Å². The van der Waals surface area contributed by atoms with Crippen LogP contribution in [0.5, 0.6) is 0 Å². The molecule has 0 spiro atoms. The molecule has 0 aromatic carbocycles. The minimum absolute atomic E-state index is 0.881. The van der Waals surface area contributed by atoms with Crippen molar-refractivity contribution >= 4 is 17.6 Å². The van der Waals surface area contributed by atoms with Gasteiger partial charge in [-0.05, 0) is 19.2 Å². The Morgan fingerprint density at radius 3 is 3.19 bits per heavy atom. The van der Waals surface area contributed by atoms with Crippen LogP contribution in [-0.2, 0) is 0 Å². The average Bonchev–Trinajstić information content (AvgIpc) is 2.38. The van der Waals surface area contributed by atoms with Crippen molar-refractivity contribution in [2.24, 2.45) is 0 Å². The number of nitrogens with one attached hydrogen (secondary N) is 2. The largest absolute Gasteiger partial charge is 0.366 e. The van der Waals surface area contributed by atoms with Crippen LogP contribution in [0.3, 0.4) is 0 Å². The second-order valence-electron chi connectivity index (χ2n) is 3.62. The fourth-order valence-electron chi connectivity index (χ4n) is 1.58. The fraction of sp³-hybridized carbons (Fsp3) is 0.455. The molecule has 0 atom stereocenters. The molecule has 2 heterocycles. The summed E-state index contributed by atoms with van der Waals surface area (Å²) in [4.78, 5) is 8.33.